The number of rotatable bonds is 5. The van der Waals surface area contributed by atoms with Gasteiger partial charge in [-0.15, -0.1) is 0 Å². The van der Waals surface area contributed by atoms with Crippen molar-refractivity contribution in [2.75, 3.05) is 31.1 Å². The molecule has 6 nitrogen and oxygen atoms in total. The third-order valence-corrected chi connectivity index (χ3v) is 5.69. The van der Waals surface area contributed by atoms with Gasteiger partial charge in [0.25, 0.3) is 0 Å². The van der Waals surface area contributed by atoms with Gasteiger partial charge >= 0.3 is 6.03 Å². The lowest BCUT2D eigenvalue weighted by Gasteiger charge is -2.39. The fraction of sp³-hybridized carbons (Fsp3) is 0.391. The number of benzene rings is 2. The minimum absolute atomic E-state index is 0.268. The Hall–Kier alpha value is -2.86. The number of urea groups is 1. The molecule has 1 heterocycles. The SMILES string of the molecule is Cc1cccc(N2CCN([C@H](C)C(=O)NC(=O)NCc3ccccc3)CC2)c1C. The molecule has 0 unspecified atom stereocenters. The van der Waals surface area contributed by atoms with Crippen molar-refractivity contribution in [3.63, 3.8) is 0 Å². The Kier molecular flexibility index (Phi) is 6.88. The molecule has 1 saturated heterocycles. The molecule has 1 atom stereocenters. The summed E-state index contributed by atoms with van der Waals surface area (Å²) in [6, 6.07) is 15.2. The summed E-state index contributed by atoms with van der Waals surface area (Å²) in [6.45, 7) is 9.83. The summed E-state index contributed by atoms with van der Waals surface area (Å²) in [5, 5.41) is 5.19. The first kappa shape index (κ1) is 20.9. The molecule has 1 aliphatic heterocycles. The summed E-state index contributed by atoms with van der Waals surface area (Å²) in [4.78, 5) is 29.0. The summed E-state index contributed by atoms with van der Waals surface area (Å²) in [7, 11) is 0. The smallest absolute Gasteiger partial charge is 0.321 e. The van der Waals surface area contributed by atoms with E-state index in [1.807, 2.05) is 37.3 Å². The van der Waals surface area contributed by atoms with Crippen molar-refractivity contribution in [3.8, 4) is 0 Å². The first-order chi connectivity index (χ1) is 14.0. The van der Waals surface area contributed by atoms with Crippen LogP contribution in [0.5, 0.6) is 0 Å². The number of carbonyl (C=O) groups is 2. The Balaban J connectivity index is 1.47. The van der Waals surface area contributed by atoms with Crippen molar-refractivity contribution in [3.05, 3.63) is 65.2 Å². The molecule has 29 heavy (non-hydrogen) atoms. The maximum atomic E-state index is 12.5. The Labute approximate surface area is 172 Å². The van der Waals surface area contributed by atoms with Crippen LogP contribution in [0, 0.1) is 13.8 Å². The minimum Gasteiger partial charge on any atom is -0.369 e. The molecule has 0 aromatic heterocycles. The number of hydrogen-bond acceptors (Lipinski definition) is 4. The molecule has 3 amide bonds. The summed E-state index contributed by atoms with van der Waals surface area (Å²) in [5.74, 6) is -0.268. The van der Waals surface area contributed by atoms with Gasteiger partial charge in [0.15, 0.2) is 0 Å². The molecule has 0 bridgehead atoms. The summed E-state index contributed by atoms with van der Waals surface area (Å²) >= 11 is 0. The first-order valence-electron chi connectivity index (χ1n) is 10.1. The van der Waals surface area contributed by atoms with E-state index < -0.39 is 6.03 Å². The molecule has 1 aliphatic rings. The highest BCUT2D eigenvalue weighted by Gasteiger charge is 2.27. The maximum absolute atomic E-state index is 12.5. The number of nitrogens with zero attached hydrogens (tertiary/aromatic N) is 2. The normalized spacial score (nSPS) is 15.6. The predicted octanol–water partition coefficient (Wildman–Crippen LogP) is 2.84. The van der Waals surface area contributed by atoms with Crippen LogP contribution in [-0.4, -0.2) is 49.1 Å². The molecule has 2 aromatic carbocycles. The van der Waals surface area contributed by atoms with Gasteiger partial charge in [0.2, 0.25) is 5.91 Å². The van der Waals surface area contributed by atoms with E-state index in [1.54, 1.807) is 0 Å². The highest BCUT2D eigenvalue weighted by atomic mass is 16.2. The zero-order valence-electron chi connectivity index (χ0n) is 17.4. The second-order valence-corrected chi connectivity index (χ2v) is 7.58. The van der Waals surface area contributed by atoms with Crippen LogP contribution in [0.15, 0.2) is 48.5 Å². The van der Waals surface area contributed by atoms with Crippen LogP contribution in [-0.2, 0) is 11.3 Å². The van der Waals surface area contributed by atoms with Crippen molar-refractivity contribution in [2.24, 2.45) is 0 Å². The van der Waals surface area contributed by atoms with Crippen LogP contribution in [0.4, 0.5) is 10.5 Å². The number of piperazine rings is 1. The lowest BCUT2D eigenvalue weighted by atomic mass is 10.1. The number of nitrogens with one attached hydrogen (secondary N) is 2. The van der Waals surface area contributed by atoms with E-state index in [-0.39, 0.29) is 11.9 Å². The molecular weight excluding hydrogens is 364 g/mol. The van der Waals surface area contributed by atoms with Crippen molar-refractivity contribution >= 4 is 17.6 Å². The van der Waals surface area contributed by atoms with E-state index in [4.69, 9.17) is 0 Å². The van der Waals surface area contributed by atoms with Gasteiger partial charge < -0.3 is 10.2 Å². The quantitative estimate of drug-likeness (QED) is 0.819. The molecule has 6 heteroatoms. The van der Waals surface area contributed by atoms with Gasteiger partial charge in [0.05, 0.1) is 6.04 Å². The fourth-order valence-electron chi connectivity index (χ4n) is 3.63. The molecule has 0 aliphatic carbocycles. The highest BCUT2D eigenvalue weighted by Crippen LogP contribution is 2.24. The number of anilines is 1. The third kappa shape index (κ3) is 5.35. The molecule has 2 aromatic rings. The summed E-state index contributed by atoms with van der Waals surface area (Å²) in [5.41, 5.74) is 4.86. The van der Waals surface area contributed by atoms with Crippen molar-refractivity contribution in [2.45, 2.75) is 33.4 Å². The van der Waals surface area contributed by atoms with E-state index in [0.717, 1.165) is 31.7 Å². The molecule has 2 N–H and O–H groups in total. The van der Waals surface area contributed by atoms with Gasteiger partial charge in [-0.3, -0.25) is 15.0 Å². The Morgan fingerprint density at radius 3 is 2.34 bits per heavy atom. The molecule has 1 fully saturated rings. The summed E-state index contributed by atoms with van der Waals surface area (Å²) < 4.78 is 0. The van der Waals surface area contributed by atoms with Crippen LogP contribution in [0.1, 0.15) is 23.6 Å². The fourth-order valence-corrected chi connectivity index (χ4v) is 3.63. The first-order valence-corrected chi connectivity index (χ1v) is 10.1. The molecule has 0 spiro atoms. The molecular formula is C23H30N4O2. The zero-order chi connectivity index (χ0) is 20.8. The van der Waals surface area contributed by atoms with E-state index in [0.29, 0.717) is 6.54 Å². The van der Waals surface area contributed by atoms with Crippen molar-refractivity contribution < 1.29 is 9.59 Å². The van der Waals surface area contributed by atoms with E-state index in [2.05, 4.69) is 52.5 Å². The Bertz CT molecular complexity index is 845. The predicted molar refractivity (Wildman–Crippen MR) is 116 cm³/mol. The lowest BCUT2D eigenvalue weighted by molar-refractivity contribution is -0.124. The molecule has 0 saturated carbocycles. The minimum atomic E-state index is -0.459. The van der Waals surface area contributed by atoms with E-state index in [9.17, 15) is 9.59 Å². The average Bonchev–Trinajstić information content (AvgIpc) is 2.74. The zero-order valence-corrected chi connectivity index (χ0v) is 17.4. The third-order valence-electron chi connectivity index (χ3n) is 5.69. The van der Waals surface area contributed by atoms with Crippen LogP contribution in [0.3, 0.4) is 0 Å². The van der Waals surface area contributed by atoms with Crippen LogP contribution < -0.4 is 15.5 Å². The van der Waals surface area contributed by atoms with Crippen LogP contribution >= 0.6 is 0 Å². The second-order valence-electron chi connectivity index (χ2n) is 7.58. The van der Waals surface area contributed by atoms with E-state index in [1.165, 1.54) is 16.8 Å². The number of imide groups is 1. The van der Waals surface area contributed by atoms with Gasteiger partial charge in [-0.1, -0.05) is 42.5 Å². The van der Waals surface area contributed by atoms with Gasteiger partial charge in [-0.2, -0.15) is 0 Å². The van der Waals surface area contributed by atoms with Crippen molar-refractivity contribution in [1.82, 2.24) is 15.5 Å². The van der Waals surface area contributed by atoms with Crippen LogP contribution in [0.25, 0.3) is 0 Å². The maximum Gasteiger partial charge on any atom is 0.321 e. The Morgan fingerprint density at radius 2 is 1.66 bits per heavy atom. The standard InChI is InChI=1S/C23H30N4O2/c1-17-8-7-11-21(18(17)2)27-14-12-26(13-15-27)19(3)22(28)25-23(29)24-16-20-9-5-4-6-10-20/h4-11,19H,12-16H2,1-3H3,(H2,24,25,28,29)/t19-/m1/s1. The van der Waals surface area contributed by atoms with Gasteiger partial charge in [-0.05, 0) is 43.5 Å². The molecule has 154 valence electrons. The topological polar surface area (TPSA) is 64.7 Å². The number of aryl methyl sites for hydroxylation is 1. The number of amides is 3. The monoisotopic (exact) mass is 394 g/mol. The molecule has 0 radical (unpaired) electrons. The summed E-state index contributed by atoms with van der Waals surface area (Å²) in [6.07, 6.45) is 0. The van der Waals surface area contributed by atoms with Crippen LogP contribution in [0.2, 0.25) is 0 Å². The lowest BCUT2D eigenvalue weighted by Crippen LogP contribution is -2.55. The number of hydrogen-bond donors (Lipinski definition) is 2. The van der Waals surface area contributed by atoms with Gasteiger partial charge in [-0.25, -0.2) is 4.79 Å². The van der Waals surface area contributed by atoms with Gasteiger partial charge in [0.1, 0.15) is 0 Å². The Morgan fingerprint density at radius 1 is 0.966 bits per heavy atom. The number of carbonyl (C=O) groups excluding carboxylic acids is 2. The largest absolute Gasteiger partial charge is 0.369 e. The van der Waals surface area contributed by atoms with Gasteiger partial charge in [0, 0.05) is 38.4 Å². The van der Waals surface area contributed by atoms with Crippen molar-refractivity contribution in [1.29, 1.82) is 0 Å². The second kappa shape index (κ2) is 9.56. The average molecular weight is 395 g/mol. The van der Waals surface area contributed by atoms with E-state index >= 15 is 0 Å². The molecule has 3 rings (SSSR count). The highest BCUT2D eigenvalue weighted by molar-refractivity contribution is 5.96.